The van der Waals surface area contributed by atoms with Crippen molar-refractivity contribution in [3.05, 3.63) is 70.4 Å². The lowest BCUT2D eigenvalue weighted by atomic mass is 10.0. The van der Waals surface area contributed by atoms with Crippen LogP contribution in [0.1, 0.15) is 39.2 Å². The first-order valence-corrected chi connectivity index (χ1v) is 7.84. The number of nitrogens with zero attached hydrogens (tertiary/aromatic N) is 1. The standard InChI is InChI=1S/C20H19NO/c1-13-10-14(2)19-17(11-13)21(12-15-6-4-3-5-7-15)16-8-9-18(22)20(16)19/h3-7,10-11H,8-9,12H2,1-2H3. The number of ketones is 1. The second-order valence-corrected chi connectivity index (χ2v) is 6.29. The monoisotopic (exact) mass is 289 g/mol. The minimum Gasteiger partial charge on any atom is -0.339 e. The Hall–Kier alpha value is -2.35. The van der Waals surface area contributed by atoms with Crippen LogP contribution in [0.5, 0.6) is 0 Å². The molecule has 0 unspecified atom stereocenters. The Morgan fingerprint density at radius 2 is 1.82 bits per heavy atom. The maximum atomic E-state index is 12.4. The number of carbonyl (C=O) groups excluding carboxylic acids is 1. The third-order valence-electron chi connectivity index (χ3n) is 4.67. The van der Waals surface area contributed by atoms with Gasteiger partial charge in [-0.2, -0.15) is 0 Å². The molecule has 3 aromatic rings. The highest BCUT2D eigenvalue weighted by atomic mass is 16.1. The van der Waals surface area contributed by atoms with Gasteiger partial charge in [0.1, 0.15) is 0 Å². The van der Waals surface area contributed by atoms with Crippen molar-refractivity contribution in [1.82, 2.24) is 4.57 Å². The zero-order valence-electron chi connectivity index (χ0n) is 13.0. The average Bonchev–Trinajstić information content (AvgIpc) is 3.00. The molecule has 22 heavy (non-hydrogen) atoms. The maximum Gasteiger partial charge on any atom is 0.165 e. The molecule has 110 valence electrons. The summed E-state index contributed by atoms with van der Waals surface area (Å²) in [6.45, 7) is 5.08. The van der Waals surface area contributed by atoms with Crippen LogP contribution in [0.25, 0.3) is 10.9 Å². The van der Waals surface area contributed by atoms with Crippen molar-refractivity contribution in [1.29, 1.82) is 0 Å². The second kappa shape index (κ2) is 4.84. The predicted octanol–water partition coefficient (Wildman–Crippen LogP) is 4.44. The molecular weight excluding hydrogens is 270 g/mol. The van der Waals surface area contributed by atoms with Crippen LogP contribution in [-0.4, -0.2) is 10.4 Å². The number of fused-ring (bicyclic) bond motifs is 3. The zero-order valence-corrected chi connectivity index (χ0v) is 13.0. The Kier molecular flexibility index (Phi) is 2.93. The van der Waals surface area contributed by atoms with E-state index in [0.29, 0.717) is 12.2 Å². The molecule has 0 saturated heterocycles. The summed E-state index contributed by atoms with van der Waals surface area (Å²) in [6, 6.07) is 14.9. The molecule has 2 heteroatoms. The van der Waals surface area contributed by atoms with Gasteiger partial charge in [0, 0.05) is 35.1 Å². The van der Waals surface area contributed by atoms with Gasteiger partial charge in [0.05, 0.1) is 0 Å². The Bertz CT molecular complexity index is 887. The Balaban J connectivity index is 2.00. The number of aromatic nitrogens is 1. The van der Waals surface area contributed by atoms with E-state index in [2.05, 4.69) is 54.8 Å². The third kappa shape index (κ3) is 1.91. The lowest BCUT2D eigenvalue weighted by Gasteiger charge is -2.10. The quantitative estimate of drug-likeness (QED) is 0.684. The van der Waals surface area contributed by atoms with Gasteiger partial charge >= 0.3 is 0 Å². The lowest BCUT2D eigenvalue weighted by molar-refractivity contribution is 0.0996. The van der Waals surface area contributed by atoms with Crippen molar-refractivity contribution in [2.45, 2.75) is 33.2 Å². The highest BCUT2D eigenvalue weighted by Crippen LogP contribution is 2.36. The van der Waals surface area contributed by atoms with E-state index in [-0.39, 0.29) is 0 Å². The van der Waals surface area contributed by atoms with Gasteiger partial charge in [0.25, 0.3) is 0 Å². The van der Waals surface area contributed by atoms with Crippen LogP contribution >= 0.6 is 0 Å². The molecule has 0 bridgehead atoms. The summed E-state index contributed by atoms with van der Waals surface area (Å²) in [5, 5.41) is 1.17. The van der Waals surface area contributed by atoms with Crippen molar-refractivity contribution in [2.24, 2.45) is 0 Å². The van der Waals surface area contributed by atoms with E-state index in [1.807, 2.05) is 6.07 Å². The number of carbonyl (C=O) groups is 1. The van der Waals surface area contributed by atoms with E-state index in [1.165, 1.54) is 33.3 Å². The molecule has 0 N–H and O–H groups in total. The van der Waals surface area contributed by atoms with Gasteiger partial charge < -0.3 is 4.57 Å². The highest BCUT2D eigenvalue weighted by molar-refractivity contribution is 6.12. The van der Waals surface area contributed by atoms with Gasteiger partial charge in [-0.1, -0.05) is 36.4 Å². The van der Waals surface area contributed by atoms with Crippen molar-refractivity contribution in [3.8, 4) is 0 Å². The molecule has 2 aromatic carbocycles. The van der Waals surface area contributed by atoms with Crippen molar-refractivity contribution in [2.75, 3.05) is 0 Å². The minimum absolute atomic E-state index is 0.304. The molecule has 0 radical (unpaired) electrons. The first-order valence-electron chi connectivity index (χ1n) is 7.84. The molecule has 1 heterocycles. The highest BCUT2D eigenvalue weighted by Gasteiger charge is 2.28. The molecule has 0 aliphatic heterocycles. The smallest absolute Gasteiger partial charge is 0.165 e. The fourth-order valence-electron chi connectivity index (χ4n) is 3.77. The van der Waals surface area contributed by atoms with Gasteiger partial charge in [0.15, 0.2) is 5.78 Å². The summed E-state index contributed by atoms with van der Waals surface area (Å²) in [4.78, 5) is 12.4. The fraction of sp³-hybridized carbons (Fsp3) is 0.250. The van der Waals surface area contributed by atoms with E-state index in [0.717, 1.165) is 18.5 Å². The van der Waals surface area contributed by atoms with Gasteiger partial charge in [-0.15, -0.1) is 0 Å². The number of aryl methyl sites for hydroxylation is 2. The maximum absolute atomic E-state index is 12.4. The summed E-state index contributed by atoms with van der Waals surface area (Å²) in [5.41, 5.74) is 7.15. The molecule has 0 saturated carbocycles. The number of hydrogen-bond acceptors (Lipinski definition) is 1. The number of Topliss-reactive ketones (excluding diaryl/α,β-unsaturated/α-hetero) is 1. The minimum atomic E-state index is 0.304. The molecule has 0 amide bonds. The Labute approximate surface area is 130 Å². The number of benzene rings is 2. The van der Waals surface area contributed by atoms with Crippen LogP contribution in [0.2, 0.25) is 0 Å². The summed E-state index contributed by atoms with van der Waals surface area (Å²) < 4.78 is 2.35. The molecule has 0 fully saturated rings. The van der Waals surface area contributed by atoms with Crippen LogP contribution in [0.4, 0.5) is 0 Å². The molecule has 0 atom stereocenters. The number of hydrogen-bond donors (Lipinski definition) is 0. The fourth-order valence-corrected chi connectivity index (χ4v) is 3.77. The van der Waals surface area contributed by atoms with Crippen molar-refractivity contribution >= 4 is 16.7 Å². The van der Waals surface area contributed by atoms with Crippen molar-refractivity contribution < 1.29 is 4.79 Å². The van der Waals surface area contributed by atoms with Gasteiger partial charge in [0.2, 0.25) is 0 Å². The summed E-state index contributed by atoms with van der Waals surface area (Å²) in [7, 11) is 0. The van der Waals surface area contributed by atoms with E-state index in [4.69, 9.17) is 0 Å². The van der Waals surface area contributed by atoms with Crippen LogP contribution in [0, 0.1) is 13.8 Å². The zero-order chi connectivity index (χ0) is 15.3. The van der Waals surface area contributed by atoms with Crippen LogP contribution in [-0.2, 0) is 13.0 Å². The van der Waals surface area contributed by atoms with Gasteiger partial charge in [-0.05, 0) is 43.0 Å². The van der Waals surface area contributed by atoms with Gasteiger partial charge in [-0.3, -0.25) is 4.79 Å². The predicted molar refractivity (Wildman–Crippen MR) is 89.6 cm³/mol. The largest absolute Gasteiger partial charge is 0.339 e. The van der Waals surface area contributed by atoms with E-state index in [9.17, 15) is 4.79 Å². The molecule has 1 aliphatic rings. The SMILES string of the molecule is Cc1cc(C)c2c3c(n(Cc4ccccc4)c2c1)CCC3=O. The van der Waals surface area contributed by atoms with E-state index in [1.54, 1.807) is 0 Å². The van der Waals surface area contributed by atoms with E-state index < -0.39 is 0 Å². The molecule has 1 aromatic heterocycles. The molecular formula is C20H19NO. The average molecular weight is 289 g/mol. The summed E-state index contributed by atoms with van der Waals surface area (Å²) in [5.74, 6) is 0.304. The van der Waals surface area contributed by atoms with Crippen LogP contribution in [0.15, 0.2) is 42.5 Å². The summed E-state index contributed by atoms with van der Waals surface area (Å²) >= 11 is 0. The van der Waals surface area contributed by atoms with Crippen molar-refractivity contribution in [3.63, 3.8) is 0 Å². The second-order valence-electron chi connectivity index (χ2n) is 6.29. The lowest BCUT2D eigenvalue weighted by Crippen LogP contribution is -2.03. The molecule has 1 aliphatic carbocycles. The van der Waals surface area contributed by atoms with Crippen LogP contribution < -0.4 is 0 Å². The Morgan fingerprint density at radius 1 is 1.05 bits per heavy atom. The van der Waals surface area contributed by atoms with Crippen LogP contribution in [0.3, 0.4) is 0 Å². The topological polar surface area (TPSA) is 22.0 Å². The molecule has 4 rings (SSSR count). The van der Waals surface area contributed by atoms with Gasteiger partial charge in [-0.25, -0.2) is 0 Å². The first-order chi connectivity index (χ1) is 10.6. The Morgan fingerprint density at radius 3 is 2.59 bits per heavy atom. The normalized spacial score (nSPS) is 13.8. The molecule has 0 spiro atoms. The number of rotatable bonds is 2. The van der Waals surface area contributed by atoms with E-state index >= 15 is 0 Å². The molecule has 2 nitrogen and oxygen atoms in total. The summed E-state index contributed by atoms with van der Waals surface area (Å²) in [6.07, 6.45) is 1.52. The first kappa shape index (κ1) is 13.3. The third-order valence-corrected chi connectivity index (χ3v) is 4.67.